The number of amides is 1. The molecule has 0 radical (unpaired) electrons. The lowest BCUT2D eigenvalue weighted by atomic mass is 10.1. The van der Waals surface area contributed by atoms with Crippen LogP contribution in [0.15, 0.2) is 66.1 Å². The van der Waals surface area contributed by atoms with Gasteiger partial charge in [0, 0.05) is 6.54 Å². The number of hydrogen-bond donors (Lipinski definition) is 2. The lowest BCUT2D eigenvalue weighted by Crippen LogP contribution is -2.48. The fraction of sp³-hybridized carbons (Fsp3) is 0.211. The number of ether oxygens (including phenoxy) is 1. The summed E-state index contributed by atoms with van der Waals surface area (Å²) in [4.78, 5) is 12.1. The molecule has 2 aromatic carbocycles. The van der Waals surface area contributed by atoms with Gasteiger partial charge in [-0.3, -0.25) is 4.79 Å². The molecule has 1 unspecified atom stereocenters. The van der Waals surface area contributed by atoms with Crippen molar-refractivity contribution in [2.75, 3.05) is 13.7 Å². The average molecular weight is 392 g/mol. The first-order valence-corrected chi connectivity index (χ1v) is 9.64. The molecule has 0 aromatic heterocycles. The molecule has 6 nitrogen and oxygen atoms in total. The monoisotopic (exact) mass is 392 g/mol. The van der Waals surface area contributed by atoms with E-state index in [4.69, 9.17) is 4.74 Å². The molecule has 0 aliphatic heterocycles. The number of sulfonamides is 1. The van der Waals surface area contributed by atoms with Gasteiger partial charge in [0.2, 0.25) is 15.9 Å². The van der Waals surface area contributed by atoms with Crippen LogP contribution in [-0.2, 0) is 21.2 Å². The Kier molecular flexibility index (Phi) is 7.09. The Morgan fingerprint density at radius 3 is 2.59 bits per heavy atom. The van der Waals surface area contributed by atoms with Gasteiger partial charge in [-0.25, -0.2) is 12.8 Å². The van der Waals surface area contributed by atoms with E-state index in [1.807, 2.05) is 6.07 Å². The zero-order chi connectivity index (χ0) is 19.9. The largest absolute Gasteiger partial charge is 0.495 e. The van der Waals surface area contributed by atoms with Crippen molar-refractivity contribution in [1.82, 2.24) is 10.0 Å². The van der Waals surface area contributed by atoms with E-state index in [1.165, 1.54) is 19.3 Å². The van der Waals surface area contributed by atoms with Crippen molar-refractivity contribution >= 4 is 15.9 Å². The molecule has 2 rings (SSSR count). The zero-order valence-electron chi connectivity index (χ0n) is 14.8. The van der Waals surface area contributed by atoms with Crippen LogP contribution in [-0.4, -0.2) is 34.0 Å². The van der Waals surface area contributed by atoms with E-state index < -0.39 is 27.8 Å². The molecule has 0 heterocycles. The van der Waals surface area contributed by atoms with Crippen molar-refractivity contribution in [3.05, 3.63) is 72.6 Å². The van der Waals surface area contributed by atoms with E-state index in [2.05, 4.69) is 16.6 Å². The summed E-state index contributed by atoms with van der Waals surface area (Å²) in [6.45, 7) is 3.71. The second-order valence-corrected chi connectivity index (χ2v) is 7.38. The van der Waals surface area contributed by atoms with Crippen molar-refractivity contribution in [2.24, 2.45) is 0 Å². The molecule has 0 aliphatic carbocycles. The van der Waals surface area contributed by atoms with E-state index in [0.29, 0.717) is 0 Å². The Labute approximate surface area is 158 Å². The normalized spacial score (nSPS) is 12.2. The van der Waals surface area contributed by atoms with Gasteiger partial charge in [-0.1, -0.05) is 36.4 Å². The summed E-state index contributed by atoms with van der Waals surface area (Å²) in [7, 11) is -2.93. The SMILES string of the molecule is C=CCNC(=O)C(Cc1ccccc1)NS(=O)(=O)c1cc(F)ccc1OC. The molecule has 144 valence electrons. The van der Waals surface area contributed by atoms with E-state index in [1.54, 1.807) is 24.3 Å². The fourth-order valence-corrected chi connectivity index (χ4v) is 3.82. The first-order chi connectivity index (χ1) is 12.9. The lowest BCUT2D eigenvalue weighted by Gasteiger charge is -2.19. The van der Waals surface area contributed by atoms with Gasteiger partial charge in [0.05, 0.1) is 7.11 Å². The van der Waals surface area contributed by atoms with E-state index in [0.717, 1.165) is 17.7 Å². The van der Waals surface area contributed by atoms with Crippen molar-refractivity contribution in [3.8, 4) is 5.75 Å². The third kappa shape index (κ3) is 5.63. The van der Waals surface area contributed by atoms with Gasteiger partial charge >= 0.3 is 0 Å². The summed E-state index contributed by atoms with van der Waals surface area (Å²) in [6, 6.07) is 11.0. The highest BCUT2D eigenvalue weighted by molar-refractivity contribution is 7.89. The molecule has 0 saturated heterocycles. The number of halogens is 1. The smallest absolute Gasteiger partial charge is 0.245 e. The van der Waals surface area contributed by atoms with Crippen molar-refractivity contribution in [3.63, 3.8) is 0 Å². The highest BCUT2D eigenvalue weighted by atomic mass is 32.2. The molecule has 0 saturated carbocycles. The Hall–Kier alpha value is -2.71. The maximum atomic E-state index is 13.6. The van der Waals surface area contributed by atoms with Crippen molar-refractivity contribution < 1.29 is 22.3 Å². The fourth-order valence-electron chi connectivity index (χ4n) is 2.44. The van der Waals surface area contributed by atoms with Crippen LogP contribution in [0, 0.1) is 5.82 Å². The van der Waals surface area contributed by atoms with E-state index >= 15 is 0 Å². The highest BCUT2D eigenvalue weighted by Gasteiger charge is 2.28. The molecule has 0 aliphatic rings. The highest BCUT2D eigenvalue weighted by Crippen LogP contribution is 2.24. The van der Waals surface area contributed by atoms with Crippen LogP contribution in [0.3, 0.4) is 0 Å². The molecular formula is C19H21FN2O4S. The summed E-state index contributed by atoms with van der Waals surface area (Å²) in [5, 5.41) is 2.58. The molecule has 0 fully saturated rings. The third-order valence-corrected chi connectivity index (χ3v) is 5.23. The second-order valence-electron chi connectivity index (χ2n) is 5.69. The van der Waals surface area contributed by atoms with Crippen LogP contribution < -0.4 is 14.8 Å². The molecule has 0 spiro atoms. The Morgan fingerprint density at radius 1 is 1.26 bits per heavy atom. The predicted octanol–water partition coefficient (Wildman–Crippen LogP) is 2.03. The molecular weight excluding hydrogens is 371 g/mol. The van der Waals surface area contributed by atoms with Crippen LogP contribution >= 0.6 is 0 Å². The minimum Gasteiger partial charge on any atom is -0.495 e. The van der Waals surface area contributed by atoms with Crippen molar-refractivity contribution in [2.45, 2.75) is 17.4 Å². The van der Waals surface area contributed by atoms with E-state index in [-0.39, 0.29) is 23.6 Å². The maximum Gasteiger partial charge on any atom is 0.245 e. The number of methoxy groups -OCH3 is 1. The minimum absolute atomic E-state index is 0.0196. The van der Waals surface area contributed by atoms with Crippen LogP contribution in [0.2, 0.25) is 0 Å². The van der Waals surface area contributed by atoms with Gasteiger partial charge in [0.15, 0.2) is 0 Å². The second kappa shape index (κ2) is 9.29. The molecule has 2 aromatic rings. The van der Waals surface area contributed by atoms with Gasteiger partial charge in [-0.15, -0.1) is 6.58 Å². The standard InChI is InChI=1S/C19H21FN2O4S/c1-3-11-21-19(23)16(12-14-7-5-4-6-8-14)22-27(24,25)18-13-15(20)9-10-17(18)26-2/h3-10,13,16,22H,1,11-12H2,2H3,(H,21,23). The minimum atomic E-state index is -4.22. The molecule has 2 N–H and O–H groups in total. The number of carbonyl (C=O) groups is 1. The van der Waals surface area contributed by atoms with Crippen LogP contribution in [0.25, 0.3) is 0 Å². The van der Waals surface area contributed by atoms with Crippen LogP contribution in [0.1, 0.15) is 5.56 Å². The number of benzene rings is 2. The van der Waals surface area contributed by atoms with Crippen LogP contribution in [0.4, 0.5) is 4.39 Å². The summed E-state index contributed by atoms with van der Waals surface area (Å²) < 4.78 is 46.5. The predicted molar refractivity (Wildman–Crippen MR) is 100 cm³/mol. The van der Waals surface area contributed by atoms with Gasteiger partial charge < -0.3 is 10.1 Å². The molecule has 0 bridgehead atoms. The first kappa shape index (κ1) is 20.6. The number of nitrogens with one attached hydrogen (secondary N) is 2. The van der Waals surface area contributed by atoms with Gasteiger partial charge in [-0.2, -0.15) is 4.72 Å². The molecule has 1 atom stereocenters. The summed E-state index contributed by atoms with van der Waals surface area (Å²) >= 11 is 0. The molecule has 27 heavy (non-hydrogen) atoms. The summed E-state index contributed by atoms with van der Waals surface area (Å²) in [5.41, 5.74) is 0.769. The summed E-state index contributed by atoms with van der Waals surface area (Å²) in [6.07, 6.45) is 1.61. The third-order valence-electron chi connectivity index (χ3n) is 3.73. The summed E-state index contributed by atoms with van der Waals surface area (Å²) in [5.74, 6) is -1.27. The molecule has 1 amide bonds. The number of rotatable bonds is 9. The zero-order valence-corrected chi connectivity index (χ0v) is 15.6. The molecule has 8 heteroatoms. The van der Waals surface area contributed by atoms with Gasteiger partial charge in [0.25, 0.3) is 0 Å². The maximum absolute atomic E-state index is 13.6. The van der Waals surface area contributed by atoms with Crippen LogP contribution in [0.5, 0.6) is 5.75 Å². The Bertz CT molecular complexity index is 901. The number of carbonyl (C=O) groups excluding carboxylic acids is 1. The van der Waals surface area contributed by atoms with Gasteiger partial charge in [-0.05, 0) is 30.2 Å². The van der Waals surface area contributed by atoms with Gasteiger partial charge in [0.1, 0.15) is 22.5 Å². The number of hydrogen-bond acceptors (Lipinski definition) is 4. The first-order valence-electron chi connectivity index (χ1n) is 8.15. The topological polar surface area (TPSA) is 84.5 Å². The average Bonchev–Trinajstić information content (AvgIpc) is 2.66. The van der Waals surface area contributed by atoms with E-state index in [9.17, 15) is 17.6 Å². The lowest BCUT2D eigenvalue weighted by molar-refractivity contribution is -0.122. The Balaban J connectivity index is 2.34. The quantitative estimate of drug-likeness (QED) is 0.640. The van der Waals surface area contributed by atoms with Crippen molar-refractivity contribution in [1.29, 1.82) is 0 Å². The Morgan fingerprint density at radius 2 is 1.96 bits per heavy atom.